The van der Waals surface area contributed by atoms with E-state index in [2.05, 4.69) is 29.4 Å². The second kappa shape index (κ2) is 8.19. The number of aliphatic hydroxyl groups excluding tert-OH is 1. The molecule has 0 saturated carbocycles. The van der Waals surface area contributed by atoms with Gasteiger partial charge in [-0.05, 0) is 42.3 Å². The van der Waals surface area contributed by atoms with Crippen molar-refractivity contribution in [1.29, 1.82) is 0 Å². The van der Waals surface area contributed by atoms with Crippen molar-refractivity contribution in [2.75, 3.05) is 26.2 Å². The Hall–Kier alpha value is -1.59. The van der Waals surface area contributed by atoms with Gasteiger partial charge in [0, 0.05) is 26.1 Å². The summed E-state index contributed by atoms with van der Waals surface area (Å²) in [5, 5.41) is 16.2. The van der Waals surface area contributed by atoms with E-state index in [4.69, 9.17) is 0 Å². The normalized spacial score (nSPS) is 26.5. The van der Waals surface area contributed by atoms with Crippen LogP contribution in [0.4, 0.5) is 4.79 Å². The maximum absolute atomic E-state index is 12.3. The summed E-state index contributed by atoms with van der Waals surface area (Å²) in [7, 11) is 0. The highest BCUT2D eigenvalue weighted by molar-refractivity contribution is 5.74. The monoisotopic (exact) mass is 345 g/mol. The zero-order valence-electron chi connectivity index (χ0n) is 15.4. The Kier molecular flexibility index (Phi) is 5.97. The van der Waals surface area contributed by atoms with Crippen LogP contribution in [0.2, 0.25) is 0 Å². The van der Waals surface area contributed by atoms with Gasteiger partial charge in [-0.2, -0.15) is 0 Å². The first-order valence-corrected chi connectivity index (χ1v) is 9.55. The van der Waals surface area contributed by atoms with E-state index in [1.165, 1.54) is 19.4 Å². The fourth-order valence-electron chi connectivity index (χ4n) is 4.18. The van der Waals surface area contributed by atoms with E-state index >= 15 is 0 Å². The molecule has 2 amide bonds. The van der Waals surface area contributed by atoms with Crippen molar-refractivity contribution in [3.63, 3.8) is 0 Å². The molecule has 5 heteroatoms. The van der Waals surface area contributed by atoms with E-state index in [1.807, 2.05) is 24.3 Å². The molecular weight excluding hydrogens is 314 g/mol. The van der Waals surface area contributed by atoms with Crippen LogP contribution in [0.1, 0.15) is 43.9 Å². The van der Waals surface area contributed by atoms with Crippen molar-refractivity contribution in [2.45, 2.75) is 45.3 Å². The molecule has 1 fully saturated rings. The largest absolute Gasteiger partial charge is 0.390 e. The molecule has 1 heterocycles. The number of aliphatic hydroxyl groups is 1. The highest BCUT2D eigenvalue weighted by Gasteiger charge is 2.32. The van der Waals surface area contributed by atoms with Crippen LogP contribution in [0.15, 0.2) is 24.3 Å². The molecule has 0 radical (unpaired) electrons. The number of hydrogen-bond acceptors (Lipinski definition) is 3. The van der Waals surface area contributed by atoms with Gasteiger partial charge in [0.05, 0.1) is 12.1 Å². The lowest BCUT2D eigenvalue weighted by atomic mass is 9.97. The minimum Gasteiger partial charge on any atom is -0.390 e. The predicted molar refractivity (Wildman–Crippen MR) is 99.4 cm³/mol. The fraction of sp³-hybridized carbons (Fsp3) is 0.650. The Balaban J connectivity index is 1.47. The number of nitrogens with one attached hydrogen (secondary N) is 2. The van der Waals surface area contributed by atoms with Gasteiger partial charge in [0.25, 0.3) is 0 Å². The number of hydrogen-bond donors (Lipinski definition) is 3. The van der Waals surface area contributed by atoms with E-state index in [-0.39, 0.29) is 12.1 Å². The number of fused-ring (bicyclic) bond motifs is 1. The van der Waals surface area contributed by atoms with Crippen LogP contribution in [0.5, 0.6) is 0 Å². The molecule has 1 aromatic carbocycles. The lowest BCUT2D eigenvalue weighted by Crippen LogP contribution is -2.46. The number of amides is 2. The van der Waals surface area contributed by atoms with Gasteiger partial charge in [-0.1, -0.05) is 38.1 Å². The third-order valence-electron chi connectivity index (χ3n) is 5.27. The summed E-state index contributed by atoms with van der Waals surface area (Å²) in [4.78, 5) is 14.8. The third kappa shape index (κ3) is 4.73. The summed E-state index contributed by atoms with van der Waals surface area (Å²) in [5.74, 6) is 1.19. The number of likely N-dealkylation sites (tertiary alicyclic amines) is 1. The molecule has 5 nitrogen and oxygen atoms in total. The second-order valence-electron chi connectivity index (χ2n) is 7.96. The molecule has 1 aromatic rings. The first-order chi connectivity index (χ1) is 12.0. The van der Waals surface area contributed by atoms with E-state index in [0.717, 1.165) is 24.2 Å². The highest BCUT2D eigenvalue weighted by atomic mass is 16.3. The molecule has 0 spiro atoms. The van der Waals surface area contributed by atoms with Crippen LogP contribution in [-0.2, 0) is 6.42 Å². The highest BCUT2D eigenvalue weighted by Crippen LogP contribution is 2.31. The number of piperidine rings is 1. The van der Waals surface area contributed by atoms with Gasteiger partial charge >= 0.3 is 6.03 Å². The van der Waals surface area contributed by atoms with Gasteiger partial charge in [-0.25, -0.2) is 4.79 Å². The van der Waals surface area contributed by atoms with E-state index in [0.29, 0.717) is 24.8 Å². The smallest absolute Gasteiger partial charge is 0.315 e. The molecule has 1 aliphatic heterocycles. The average molecular weight is 345 g/mol. The Labute approximate surface area is 150 Å². The molecule has 2 aliphatic rings. The molecule has 0 bridgehead atoms. The third-order valence-corrected chi connectivity index (χ3v) is 5.27. The summed E-state index contributed by atoms with van der Waals surface area (Å²) < 4.78 is 0. The van der Waals surface area contributed by atoms with Crippen LogP contribution in [0.25, 0.3) is 0 Å². The Morgan fingerprint density at radius 1 is 1.36 bits per heavy atom. The summed E-state index contributed by atoms with van der Waals surface area (Å²) >= 11 is 0. The van der Waals surface area contributed by atoms with Crippen molar-refractivity contribution in [1.82, 2.24) is 15.5 Å². The molecule has 1 saturated heterocycles. The van der Waals surface area contributed by atoms with E-state index in [9.17, 15) is 9.90 Å². The zero-order valence-corrected chi connectivity index (χ0v) is 15.4. The minimum absolute atomic E-state index is 0.179. The molecule has 3 atom stereocenters. The summed E-state index contributed by atoms with van der Waals surface area (Å²) in [6, 6.07) is 7.45. The average Bonchev–Trinajstić information content (AvgIpc) is 2.88. The topological polar surface area (TPSA) is 64.6 Å². The Morgan fingerprint density at radius 2 is 2.16 bits per heavy atom. The van der Waals surface area contributed by atoms with Gasteiger partial charge in [-0.3, -0.25) is 0 Å². The van der Waals surface area contributed by atoms with Crippen LogP contribution in [0, 0.1) is 11.8 Å². The lowest BCUT2D eigenvalue weighted by molar-refractivity contribution is 0.139. The molecule has 1 aliphatic carbocycles. The summed E-state index contributed by atoms with van der Waals surface area (Å²) in [6.45, 7) is 8.57. The number of nitrogens with zero attached hydrogens (tertiary/aromatic N) is 1. The van der Waals surface area contributed by atoms with E-state index < -0.39 is 6.10 Å². The van der Waals surface area contributed by atoms with Crippen LogP contribution < -0.4 is 10.6 Å². The quantitative estimate of drug-likeness (QED) is 0.767. The minimum atomic E-state index is -0.542. The molecule has 3 N–H and O–H groups in total. The second-order valence-corrected chi connectivity index (χ2v) is 7.96. The standard InChI is InChI=1S/C20H31N3O2/c1-14(2)12-23-9-5-6-15(13-23)11-21-20(25)22-19-17-8-4-3-7-16(17)10-18(19)24/h3-4,7-8,14-15,18-19,24H,5-6,9-13H2,1-2H3,(H2,21,22,25). The maximum Gasteiger partial charge on any atom is 0.315 e. The molecule has 3 rings (SSSR count). The fourth-order valence-corrected chi connectivity index (χ4v) is 4.18. The lowest BCUT2D eigenvalue weighted by Gasteiger charge is -2.34. The van der Waals surface area contributed by atoms with E-state index in [1.54, 1.807) is 0 Å². The van der Waals surface area contributed by atoms with Crippen molar-refractivity contribution in [2.24, 2.45) is 11.8 Å². The van der Waals surface area contributed by atoms with Gasteiger partial charge in [0.2, 0.25) is 0 Å². The predicted octanol–water partition coefficient (Wildman–Crippen LogP) is 2.31. The number of carbonyl (C=O) groups excluding carboxylic acids is 1. The zero-order chi connectivity index (χ0) is 17.8. The maximum atomic E-state index is 12.3. The van der Waals surface area contributed by atoms with Crippen molar-refractivity contribution >= 4 is 6.03 Å². The van der Waals surface area contributed by atoms with Crippen LogP contribution in [-0.4, -0.2) is 48.3 Å². The molecule has 138 valence electrons. The summed E-state index contributed by atoms with van der Waals surface area (Å²) in [5.41, 5.74) is 2.16. The molecule has 3 unspecified atom stereocenters. The summed E-state index contributed by atoms with van der Waals surface area (Å²) in [6.07, 6.45) is 2.44. The Bertz CT molecular complexity index is 590. The van der Waals surface area contributed by atoms with Crippen molar-refractivity contribution in [3.8, 4) is 0 Å². The number of carbonyl (C=O) groups is 1. The van der Waals surface area contributed by atoms with Gasteiger partial charge in [-0.15, -0.1) is 0 Å². The molecule has 25 heavy (non-hydrogen) atoms. The van der Waals surface area contributed by atoms with Crippen LogP contribution >= 0.6 is 0 Å². The van der Waals surface area contributed by atoms with Crippen molar-refractivity contribution in [3.05, 3.63) is 35.4 Å². The van der Waals surface area contributed by atoms with Crippen LogP contribution in [0.3, 0.4) is 0 Å². The first kappa shape index (κ1) is 18.2. The Morgan fingerprint density at radius 3 is 2.96 bits per heavy atom. The SMILES string of the molecule is CC(C)CN1CCCC(CNC(=O)NC2c3ccccc3CC2O)C1. The van der Waals surface area contributed by atoms with Gasteiger partial charge < -0.3 is 20.6 Å². The molecule has 0 aromatic heterocycles. The first-order valence-electron chi connectivity index (χ1n) is 9.55. The van der Waals surface area contributed by atoms with Crippen molar-refractivity contribution < 1.29 is 9.90 Å². The molecular formula is C20H31N3O2. The number of urea groups is 1. The number of benzene rings is 1. The number of rotatable bonds is 5. The van der Waals surface area contributed by atoms with Gasteiger partial charge in [0.1, 0.15) is 0 Å². The van der Waals surface area contributed by atoms with Gasteiger partial charge in [0.15, 0.2) is 0 Å².